The van der Waals surface area contributed by atoms with E-state index in [-0.39, 0.29) is 0 Å². The number of hydrogen-bond acceptors (Lipinski definition) is 5. The molecule has 108 valence electrons. The number of nitrogens with one attached hydrogen (secondary N) is 1. The van der Waals surface area contributed by atoms with Gasteiger partial charge in [0.15, 0.2) is 5.01 Å². The second kappa shape index (κ2) is 8.29. The maximum atomic E-state index is 4.24. The standard InChI is InChI=1S/C15H21N3S2/c1-3-6-12(4-2)8-9-16-11-14-17-18-15(20-14)13-7-5-10-19-13/h3,5,7,10,12,16H,1,4,6,8-9,11H2,2H3. The molecule has 0 radical (unpaired) electrons. The number of aromatic nitrogens is 2. The fourth-order valence-electron chi connectivity index (χ4n) is 2.05. The molecule has 0 saturated carbocycles. The van der Waals surface area contributed by atoms with E-state index in [1.807, 2.05) is 12.1 Å². The third-order valence-electron chi connectivity index (χ3n) is 3.28. The third kappa shape index (κ3) is 4.51. The van der Waals surface area contributed by atoms with E-state index in [1.165, 1.54) is 17.7 Å². The van der Waals surface area contributed by atoms with E-state index in [9.17, 15) is 0 Å². The molecule has 0 saturated heterocycles. The van der Waals surface area contributed by atoms with Crippen LogP contribution in [0.25, 0.3) is 9.88 Å². The summed E-state index contributed by atoms with van der Waals surface area (Å²) in [7, 11) is 0. The van der Waals surface area contributed by atoms with Gasteiger partial charge in [-0.1, -0.05) is 36.8 Å². The fraction of sp³-hybridized carbons (Fsp3) is 0.467. The zero-order chi connectivity index (χ0) is 14.2. The van der Waals surface area contributed by atoms with Crippen LogP contribution in [0, 0.1) is 5.92 Å². The lowest BCUT2D eigenvalue weighted by molar-refractivity contribution is 0.455. The van der Waals surface area contributed by atoms with Gasteiger partial charge in [-0.25, -0.2) is 0 Å². The van der Waals surface area contributed by atoms with Crippen LogP contribution in [0.2, 0.25) is 0 Å². The van der Waals surface area contributed by atoms with Crippen molar-refractivity contribution in [3.05, 3.63) is 35.2 Å². The normalized spacial score (nSPS) is 12.4. The van der Waals surface area contributed by atoms with Crippen LogP contribution in [-0.4, -0.2) is 16.7 Å². The van der Waals surface area contributed by atoms with E-state index < -0.39 is 0 Å². The quantitative estimate of drug-likeness (QED) is 0.553. The van der Waals surface area contributed by atoms with Crippen molar-refractivity contribution in [3.8, 4) is 9.88 Å². The van der Waals surface area contributed by atoms with E-state index in [4.69, 9.17) is 0 Å². The Morgan fingerprint density at radius 3 is 3.05 bits per heavy atom. The molecule has 3 nitrogen and oxygen atoms in total. The van der Waals surface area contributed by atoms with Crippen LogP contribution < -0.4 is 5.32 Å². The van der Waals surface area contributed by atoms with Crippen LogP contribution in [-0.2, 0) is 6.54 Å². The molecule has 1 unspecified atom stereocenters. The average molecular weight is 307 g/mol. The minimum absolute atomic E-state index is 0.746. The van der Waals surface area contributed by atoms with Gasteiger partial charge in [0.2, 0.25) is 0 Å². The predicted molar refractivity (Wildman–Crippen MR) is 88.1 cm³/mol. The van der Waals surface area contributed by atoms with E-state index in [2.05, 4.69) is 40.5 Å². The second-order valence-corrected chi connectivity index (χ2v) is 6.75. The molecular formula is C15H21N3S2. The fourth-order valence-corrected chi connectivity index (χ4v) is 3.65. The molecule has 20 heavy (non-hydrogen) atoms. The molecule has 2 aromatic heterocycles. The summed E-state index contributed by atoms with van der Waals surface area (Å²) >= 11 is 3.38. The van der Waals surface area contributed by atoms with Crippen molar-refractivity contribution in [3.63, 3.8) is 0 Å². The highest BCUT2D eigenvalue weighted by molar-refractivity contribution is 7.20. The van der Waals surface area contributed by atoms with Gasteiger partial charge >= 0.3 is 0 Å². The summed E-state index contributed by atoms with van der Waals surface area (Å²) in [5.74, 6) is 0.746. The Labute approximate surface area is 128 Å². The molecule has 1 atom stereocenters. The molecule has 2 aromatic rings. The van der Waals surface area contributed by atoms with Crippen LogP contribution in [0.1, 0.15) is 31.2 Å². The molecule has 0 bridgehead atoms. The monoisotopic (exact) mass is 307 g/mol. The SMILES string of the molecule is C=CCC(CC)CCNCc1nnc(-c2cccs2)s1. The first-order valence-corrected chi connectivity index (χ1v) is 8.71. The molecular weight excluding hydrogens is 286 g/mol. The topological polar surface area (TPSA) is 37.8 Å². The van der Waals surface area contributed by atoms with E-state index in [0.717, 1.165) is 35.4 Å². The van der Waals surface area contributed by atoms with E-state index in [0.29, 0.717) is 0 Å². The largest absolute Gasteiger partial charge is 0.310 e. The van der Waals surface area contributed by atoms with E-state index >= 15 is 0 Å². The molecule has 0 aliphatic rings. The smallest absolute Gasteiger partial charge is 0.157 e. The van der Waals surface area contributed by atoms with Crippen molar-refractivity contribution in [2.24, 2.45) is 5.92 Å². The molecule has 2 rings (SSSR count). The van der Waals surface area contributed by atoms with Crippen molar-refractivity contribution in [1.29, 1.82) is 0 Å². The Bertz CT molecular complexity index is 505. The predicted octanol–water partition coefficient (Wildman–Crippen LogP) is 4.35. The van der Waals surface area contributed by atoms with Crippen molar-refractivity contribution in [1.82, 2.24) is 15.5 Å². The Balaban J connectivity index is 1.73. The summed E-state index contributed by atoms with van der Waals surface area (Å²) in [4.78, 5) is 1.20. The highest BCUT2D eigenvalue weighted by Gasteiger charge is 2.08. The van der Waals surface area contributed by atoms with Crippen LogP contribution >= 0.6 is 22.7 Å². The summed E-state index contributed by atoms with van der Waals surface area (Å²) < 4.78 is 0. The van der Waals surface area contributed by atoms with Crippen molar-refractivity contribution in [2.75, 3.05) is 6.54 Å². The number of rotatable bonds is 9. The number of nitrogens with zero attached hydrogens (tertiary/aromatic N) is 2. The lowest BCUT2D eigenvalue weighted by atomic mass is 9.99. The van der Waals surface area contributed by atoms with Crippen LogP contribution in [0.4, 0.5) is 0 Å². The van der Waals surface area contributed by atoms with Gasteiger partial charge in [0, 0.05) is 6.54 Å². The van der Waals surface area contributed by atoms with Gasteiger partial charge in [0.25, 0.3) is 0 Å². The molecule has 0 aliphatic heterocycles. The Kier molecular flexibility index (Phi) is 6.36. The third-order valence-corrected chi connectivity index (χ3v) is 5.24. The Morgan fingerprint density at radius 2 is 2.35 bits per heavy atom. The minimum Gasteiger partial charge on any atom is -0.310 e. The summed E-state index contributed by atoms with van der Waals surface area (Å²) in [6, 6.07) is 4.13. The average Bonchev–Trinajstić information content (AvgIpc) is 3.12. The molecule has 5 heteroatoms. The lowest BCUT2D eigenvalue weighted by Gasteiger charge is -2.12. The first kappa shape index (κ1) is 15.4. The second-order valence-electron chi connectivity index (χ2n) is 4.74. The number of allylic oxidation sites excluding steroid dienone is 1. The molecule has 0 aromatic carbocycles. The van der Waals surface area contributed by atoms with Crippen LogP contribution in [0.3, 0.4) is 0 Å². The van der Waals surface area contributed by atoms with Gasteiger partial charge in [0.05, 0.1) is 4.88 Å². The van der Waals surface area contributed by atoms with Gasteiger partial charge in [-0.3, -0.25) is 0 Å². The van der Waals surface area contributed by atoms with Gasteiger partial charge in [-0.2, -0.15) is 0 Å². The van der Waals surface area contributed by atoms with Crippen molar-refractivity contribution < 1.29 is 0 Å². The maximum absolute atomic E-state index is 4.24. The maximum Gasteiger partial charge on any atom is 0.157 e. The van der Waals surface area contributed by atoms with Crippen LogP contribution in [0.5, 0.6) is 0 Å². The molecule has 1 N–H and O–H groups in total. The summed E-state index contributed by atoms with van der Waals surface area (Å²) in [5, 5.41) is 16.1. The van der Waals surface area contributed by atoms with Crippen molar-refractivity contribution >= 4 is 22.7 Å². The molecule has 0 aliphatic carbocycles. The van der Waals surface area contributed by atoms with Gasteiger partial charge in [-0.15, -0.1) is 28.1 Å². The van der Waals surface area contributed by atoms with Crippen molar-refractivity contribution in [2.45, 2.75) is 32.7 Å². The molecule has 0 fully saturated rings. The summed E-state index contributed by atoms with van der Waals surface area (Å²) in [6.45, 7) is 7.90. The molecule has 2 heterocycles. The van der Waals surface area contributed by atoms with Gasteiger partial charge in [0.1, 0.15) is 5.01 Å². The molecule has 0 spiro atoms. The minimum atomic E-state index is 0.746. The van der Waals surface area contributed by atoms with Gasteiger partial charge < -0.3 is 5.32 Å². The number of thiophene rings is 1. The summed E-state index contributed by atoms with van der Waals surface area (Å²) in [5.41, 5.74) is 0. The first-order chi connectivity index (χ1) is 9.83. The number of hydrogen-bond donors (Lipinski definition) is 1. The van der Waals surface area contributed by atoms with E-state index in [1.54, 1.807) is 22.7 Å². The highest BCUT2D eigenvalue weighted by Crippen LogP contribution is 2.27. The zero-order valence-electron chi connectivity index (χ0n) is 11.8. The summed E-state index contributed by atoms with van der Waals surface area (Å²) in [6.07, 6.45) is 5.54. The first-order valence-electron chi connectivity index (χ1n) is 7.01. The molecule has 0 amide bonds. The highest BCUT2D eigenvalue weighted by atomic mass is 32.1. The zero-order valence-corrected chi connectivity index (χ0v) is 13.5. The van der Waals surface area contributed by atoms with Crippen LogP contribution in [0.15, 0.2) is 30.2 Å². The van der Waals surface area contributed by atoms with Gasteiger partial charge in [-0.05, 0) is 36.8 Å². The Morgan fingerprint density at radius 1 is 1.45 bits per heavy atom. The Hall–Kier alpha value is -1.04. The lowest BCUT2D eigenvalue weighted by Crippen LogP contribution is -2.17.